The molecular formula is C21H26N9O8P2S2+. The van der Waals surface area contributed by atoms with E-state index in [9.17, 15) is 19.4 Å². The smallest absolute Gasteiger partial charge is 0.394 e. The largest absolute Gasteiger partial charge is 0.582 e. The number of anilines is 2. The van der Waals surface area contributed by atoms with Crippen molar-refractivity contribution < 1.29 is 33.1 Å². The fraction of sp³-hybridized carbons (Fsp3) is 0.476. The van der Waals surface area contributed by atoms with E-state index in [4.69, 9.17) is 41.8 Å². The van der Waals surface area contributed by atoms with Crippen molar-refractivity contribution in [3.05, 3.63) is 35.3 Å². The Bertz CT molecular complexity index is 1770. The topological polar surface area (TPSA) is 241 Å². The second-order valence-electron chi connectivity index (χ2n) is 9.74. The van der Waals surface area contributed by atoms with Crippen molar-refractivity contribution in [3.63, 3.8) is 0 Å². The third-order valence-corrected chi connectivity index (χ3v) is 10.9. The van der Waals surface area contributed by atoms with Gasteiger partial charge >= 0.3 is 7.23 Å². The molecule has 224 valence electrons. The van der Waals surface area contributed by atoms with Gasteiger partial charge in [-0.1, -0.05) is 0 Å². The maximum absolute atomic E-state index is 12.3. The van der Waals surface area contributed by atoms with E-state index in [2.05, 4.69) is 37.2 Å². The van der Waals surface area contributed by atoms with Gasteiger partial charge in [0.2, 0.25) is 5.95 Å². The van der Waals surface area contributed by atoms with Crippen LogP contribution in [-0.2, 0) is 34.9 Å². The van der Waals surface area contributed by atoms with Crippen molar-refractivity contribution in [3.8, 4) is 0 Å². The lowest BCUT2D eigenvalue weighted by Gasteiger charge is -2.28. The van der Waals surface area contributed by atoms with Crippen LogP contribution < -0.4 is 17.0 Å². The van der Waals surface area contributed by atoms with Gasteiger partial charge in [0.1, 0.15) is 54.7 Å². The van der Waals surface area contributed by atoms with Crippen LogP contribution >= 0.6 is 26.0 Å². The summed E-state index contributed by atoms with van der Waals surface area (Å²) in [7, 11) is -2.29. The van der Waals surface area contributed by atoms with E-state index in [1.165, 1.54) is 17.2 Å². The van der Waals surface area contributed by atoms with Gasteiger partial charge in [-0.15, -0.1) is 4.52 Å². The SMILES string of the molecule is Nc1nc2c(ncn2[C@@H]2O[C@H](CO)C[C@H]2P(O)(=S)OCC2O[C@@H](n3ccc4c(N)ncnc43)C[C@@H]2O[P+](=O)S)c(=O)[nH]1. The molecule has 8 atom stereocenters. The molecule has 0 bridgehead atoms. The van der Waals surface area contributed by atoms with Crippen LogP contribution in [0.25, 0.3) is 22.2 Å². The minimum Gasteiger partial charge on any atom is -0.394 e. The molecule has 0 spiro atoms. The Morgan fingerprint density at radius 2 is 2.05 bits per heavy atom. The molecule has 2 fully saturated rings. The maximum Gasteiger partial charge on any atom is 0.582 e. The summed E-state index contributed by atoms with van der Waals surface area (Å²) in [5.41, 5.74) is 11.0. The number of rotatable bonds is 9. The van der Waals surface area contributed by atoms with Gasteiger partial charge < -0.3 is 40.0 Å². The summed E-state index contributed by atoms with van der Waals surface area (Å²) in [5, 5.41) is 10.5. The first-order valence-electron chi connectivity index (χ1n) is 12.6. The lowest BCUT2D eigenvalue weighted by molar-refractivity contribution is -0.0345. The summed E-state index contributed by atoms with van der Waals surface area (Å²) in [6.07, 6.45) is 1.07. The number of H-pyrrole nitrogens is 1. The summed E-state index contributed by atoms with van der Waals surface area (Å²) in [6, 6.07) is 1.76. The summed E-state index contributed by atoms with van der Waals surface area (Å²) in [5.74, 6) is 0.180. The van der Waals surface area contributed by atoms with E-state index in [1.807, 2.05) is 0 Å². The molecule has 0 aromatic carbocycles. The summed E-state index contributed by atoms with van der Waals surface area (Å²) in [6.45, 7) is -4.26. The van der Waals surface area contributed by atoms with Gasteiger partial charge in [-0.3, -0.25) is 14.3 Å². The maximum atomic E-state index is 12.3. The molecule has 2 aliphatic heterocycles. The monoisotopic (exact) mass is 658 g/mol. The third kappa shape index (κ3) is 5.45. The number of aromatic nitrogens is 7. The van der Waals surface area contributed by atoms with Crippen LogP contribution in [0.5, 0.6) is 0 Å². The molecule has 2 saturated heterocycles. The van der Waals surface area contributed by atoms with E-state index >= 15 is 0 Å². The highest BCUT2D eigenvalue weighted by Gasteiger charge is 2.48. The average molecular weight is 659 g/mol. The number of fused-ring (bicyclic) bond motifs is 2. The number of nitrogens with one attached hydrogen (secondary N) is 1. The van der Waals surface area contributed by atoms with Crippen LogP contribution in [0.1, 0.15) is 25.3 Å². The van der Waals surface area contributed by atoms with Gasteiger partial charge in [0.25, 0.3) is 5.56 Å². The molecule has 17 nitrogen and oxygen atoms in total. The molecule has 6 rings (SSSR count). The number of thiol groups is 1. The van der Waals surface area contributed by atoms with E-state index < -0.39 is 55.7 Å². The number of aliphatic hydroxyl groups is 1. The van der Waals surface area contributed by atoms with E-state index in [0.29, 0.717) is 16.9 Å². The van der Waals surface area contributed by atoms with Crippen LogP contribution in [0.4, 0.5) is 11.8 Å². The average Bonchev–Trinajstić information content (AvgIpc) is 3.71. The lowest BCUT2D eigenvalue weighted by atomic mass is 10.2. The number of hydrogen-bond acceptors (Lipinski definition) is 14. The standard InChI is InChI=1S/C21H25N9O8P2S2/c22-16-10-1-2-29(17(10)25-7-24-16)14-4-11(38-39(33)41)12(37-14)6-35-40(34,42)13-3-9(5-31)36-20(13)30-8-26-15-18(30)27-21(23)28-19(15)32/h1-2,7-9,11-14,20,31H,3-6H2,(H6-,22,23,24,25,27,28,32,33,34,41,42)/p+1/t9-,11-,12?,13+,14+,20+,40?/m0/s1. The normalized spacial score (nSPS) is 28.0. The number of hydrogen-bond donors (Lipinski definition) is 6. The molecular weight excluding hydrogens is 632 g/mol. The van der Waals surface area contributed by atoms with E-state index in [-0.39, 0.29) is 43.2 Å². The van der Waals surface area contributed by atoms with Crippen molar-refractivity contribution in [2.24, 2.45) is 0 Å². The number of aromatic amines is 1. The first-order valence-corrected chi connectivity index (χ1v) is 17.6. The number of imidazole rings is 1. The molecule has 42 heavy (non-hydrogen) atoms. The predicted molar refractivity (Wildman–Crippen MR) is 156 cm³/mol. The van der Waals surface area contributed by atoms with Gasteiger partial charge in [-0.2, -0.15) is 4.98 Å². The predicted octanol–water partition coefficient (Wildman–Crippen LogP) is 0.956. The van der Waals surface area contributed by atoms with Gasteiger partial charge in [0.05, 0.1) is 36.7 Å². The Morgan fingerprint density at radius 1 is 1.24 bits per heavy atom. The van der Waals surface area contributed by atoms with Crippen molar-refractivity contribution in [2.75, 3.05) is 24.7 Å². The van der Waals surface area contributed by atoms with Gasteiger partial charge in [-0.05, 0) is 28.9 Å². The summed E-state index contributed by atoms with van der Waals surface area (Å²) < 4.78 is 38.8. The molecule has 3 unspecified atom stereocenters. The highest BCUT2D eigenvalue weighted by Crippen LogP contribution is 2.58. The van der Waals surface area contributed by atoms with Gasteiger partial charge in [0, 0.05) is 12.6 Å². The third-order valence-electron chi connectivity index (χ3n) is 7.19. The van der Waals surface area contributed by atoms with Gasteiger partial charge in [0.15, 0.2) is 17.7 Å². The molecule has 0 saturated carbocycles. The Labute approximate surface area is 247 Å². The molecule has 6 heterocycles. The molecule has 0 radical (unpaired) electrons. The minimum atomic E-state index is -3.70. The first-order chi connectivity index (χ1) is 20.1. The van der Waals surface area contributed by atoms with Crippen LogP contribution in [-0.4, -0.2) is 81.2 Å². The Morgan fingerprint density at radius 3 is 2.81 bits per heavy atom. The molecule has 4 aromatic rings. The molecule has 0 amide bonds. The van der Waals surface area contributed by atoms with E-state index in [0.717, 1.165) is 0 Å². The van der Waals surface area contributed by atoms with Crippen molar-refractivity contribution in [1.82, 2.24) is 34.1 Å². The van der Waals surface area contributed by atoms with Crippen molar-refractivity contribution in [2.45, 2.75) is 49.3 Å². The molecule has 21 heteroatoms. The summed E-state index contributed by atoms with van der Waals surface area (Å²) in [4.78, 5) is 42.7. The minimum absolute atomic E-state index is 0.0157. The number of aliphatic hydroxyl groups excluding tert-OH is 1. The number of ether oxygens (including phenoxy) is 2. The number of nitrogen functional groups attached to an aromatic ring is 2. The van der Waals surface area contributed by atoms with Crippen LogP contribution in [0.15, 0.2) is 29.7 Å². The summed E-state index contributed by atoms with van der Waals surface area (Å²) >= 11 is 9.50. The molecule has 0 aliphatic carbocycles. The second kappa shape index (κ2) is 11.5. The second-order valence-corrected chi connectivity index (χ2v) is 15.0. The first kappa shape index (κ1) is 29.5. The van der Waals surface area contributed by atoms with Crippen LogP contribution in [0, 0.1) is 0 Å². The quantitative estimate of drug-likeness (QED) is 0.108. The zero-order chi connectivity index (χ0) is 29.8. The van der Waals surface area contributed by atoms with E-state index in [1.54, 1.807) is 16.8 Å². The Kier molecular flexibility index (Phi) is 8.08. The fourth-order valence-electron chi connectivity index (χ4n) is 5.27. The molecule has 2 aliphatic rings. The zero-order valence-corrected chi connectivity index (χ0v) is 25.0. The number of nitrogens with zero attached hydrogens (tertiary/aromatic N) is 6. The lowest BCUT2D eigenvalue weighted by Crippen LogP contribution is -2.29. The van der Waals surface area contributed by atoms with Crippen LogP contribution in [0.2, 0.25) is 0 Å². The number of nitrogens with two attached hydrogens (primary N) is 2. The highest BCUT2D eigenvalue weighted by atomic mass is 32.7. The molecule has 4 aromatic heterocycles. The van der Waals surface area contributed by atoms with Gasteiger partial charge in [-0.25, -0.2) is 15.0 Å². The Balaban J connectivity index is 1.24. The van der Waals surface area contributed by atoms with Crippen molar-refractivity contribution >= 4 is 71.7 Å². The Hall–Kier alpha value is -2.57. The van der Waals surface area contributed by atoms with Crippen LogP contribution in [0.3, 0.4) is 0 Å². The molecule has 7 N–H and O–H groups in total. The zero-order valence-electron chi connectivity index (χ0n) is 21.5. The highest BCUT2D eigenvalue weighted by molar-refractivity contribution is 8.39. The van der Waals surface area contributed by atoms with Crippen molar-refractivity contribution in [1.29, 1.82) is 0 Å². The fourth-order valence-corrected chi connectivity index (χ4v) is 8.43.